The van der Waals surface area contributed by atoms with Crippen molar-refractivity contribution in [3.63, 3.8) is 0 Å². The van der Waals surface area contributed by atoms with Crippen LogP contribution in [-0.2, 0) is 14.4 Å². The van der Waals surface area contributed by atoms with Crippen LogP contribution >= 0.6 is 0 Å². The Morgan fingerprint density at radius 1 is 1.32 bits per heavy atom. The van der Waals surface area contributed by atoms with Crippen molar-refractivity contribution >= 4 is 17.8 Å². The molecule has 2 N–H and O–H groups in total. The Bertz CT molecular complexity index is 373. The number of hydrogen-bond acceptors (Lipinski definition) is 3. The summed E-state index contributed by atoms with van der Waals surface area (Å²) in [6, 6.07) is -0.703. The number of nitrogens with one attached hydrogen (secondary N) is 1. The first-order chi connectivity index (χ1) is 8.73. The van der Waals surface area contributed by atoms with Gasteiger partial charge in [-0.05, 0) is 12.8 Å². The predicted octanol–water partition coefficient (Wildman–Crippen LogP) is 0.614. The summed E-state index contributed by atoms with van der Waals surface area (Å²) in [5.74, 6) is -1.28. The Kier molecular flexibility index (Phi) is 4.91. The summed E-state index contributed by atoms with van der Waals surface area (Å²) in [4.78, 5) is 35.9. The molecule has 0 spiro atoms. The Balaban J connectivity index is 2.40. The SMILES string of the molecule is CC(C)(C)C(=O)NCCC(=O)N1CCC[C@@H]1C(=O)O. The molecular weight excluding hydrogens is 248 g/mol. The predicted molar refractivity (Wildman–Crippen MR) is 69.5 cm³/mol. The molecule has 0 radical (unpaired) electrons. The van der Waals surface area contributed by atoms with Crippen LogP contribution in [0.15, 0.2) is 0 Å². The van der Waals surface area contributed by atoms with Crippen molar-refractivity contribution in [3.8, 4) is 0 Å². The number of nitrogens with zero attached hydrogens (tertiary/aromatic N) is 1. The molecule has 1 aliphatic heterocycles. The fraction of sp³-hybridized carbons (Fsp3) is 0.769. The van der Waals surface area contributed by atoms with E-state index in [2.05, 4.69) is 5.32 Å². The third kappa shape index (κ3) is 4.22. The van der Waals surface area contributed by atoms with Crippen LogP contribution in [0.5, 0.6) is 0 Å². The van der Waals surface area contributed by atoms with Gasteiger partial charge in [0.2, 0.25) is 11.8 Å². The lowest BCUT2D eigenvalue weighted by molar-refractivity contribution is -0.148. The van der Waals surface area contributed by atoms with Crippen molar-refractivity contribution in [1.29, 1.82) is 0 Å². The van der Waals surface area contributed by atoms with E-state index in [0.717, 1.165) is 6.42 Å². The lowest BCUT2D eigenvalue weighted by Gasteiger charge is -2.22. The summed E-state index contributed by atoms with van der Waals surface area (Å²) >= 11 is 0. The molecule has 6 nitrogen and oxygen atoms in total. The zero-order chi connectivity index (χ0) is 14.6. The van der Waals surface area contributed by atoms with Gasteiger partial charge in [-0.25, -0.2) is 4.79 Å². The van der Waals surface area contributed by atoms with Crippen LogP contribution in [0.1, 0.15) is 40.0 Å². The van der Waals surface area contributed by atoms with Crippen molar-refractivity contribution in [3.05, 3.63) is 0 Å². The maximum absolute atomic E-state index is 11.9. The zero-order valence-electron chi connectivity index (χ0n) is 11.7. The van der Waals surface area contributed by atoms with Crippen molar-refractivity contribution in [1.82, 2.24) is 10.2 Å². The van der Waals surface area contributed by atoms with Crippen LogP contribution in [0.3, 0.4) is 0 Å². The topological polar surface area (TPSA) is 86.7 Å². The molecule has 0 aromatic carbocycles. The van der Waals surface area contributed by atoms with Gasteiger partial charge >= 0.3 is 5.97 Å². The summed E-state index contributed by atoms with van der Waals surface area (Å²) in [6.45, 7) is 6.13. The van der Waals surface area contributed by atoms with Crippen LogP contribution in [0.4, 0.5) is 0 Å². The summed E-state index contributed by atoms with van der Waals surface area (Å²) in [5, 5.41) is 11.7. The van der Waals surface area contributed by atoms with E-state index in [1.54, 1.807) is 20.8 Å². The highest BCUT2D eigenvalue weighted by Gasteiger charge is 2.33. The van der Waals surface area contributed by atoms with Crippen molar-refractivity contribution in [2.24, 2.45) is 5.41 Å². The third-order valence-corrected chi connectivity index (χ3v) is 3.16. The molecular formula is C13H22N2O4. The van der Waals surface area contributed by atoms with Crippen molar-refractivity contribution in [2.75, 3.05) is 13.1 Å². The maximum Gasteiger partial charge on any atom is 0.326 e. The summed E-state index contributed by atoms with van der Waals surface area (Å²) in [5.41, 5.74) is -0.486. The van der Waals surface area contributed by atoms with Gasteiger partial charge in [0.25, 0.3) is 0 Å². The van der Waals surface area contributed by atoms with E-state index in [4.69, 9.17) is 5.11 Å². The number of amides is 2. The number of hydrogen-bond donors (Lipinski definition) is 2. The smallest absolute Gasteiger partial charge is 0.326 e. The number of carboxylic acids is 1. The van der Waals surface area contributed by atoms with E-state index in [1.165, 1.54) is 4.90 Å². The molecule has 2 amide bonds. The van der Waals surface area contributed by atoms with Gasteiger partial charge in [-0.1, -0.05) is 20.8 Å². The first-order valence-corrected chi connectivity index (χ1v) is 6.54. The second-order valence-electron chi connectivity index (χ2n) is 5.84. The van der Waals surface area contributed by atoms with E-state index < -0.39 is 17.4 Å². The summed E-state index contributed by atoms with van der Waals surface area (Å²) in [7, 11) is 0. The Morgan fingerprint density at radius 2 is 1.95 bits per heavy atom. The fourth-order valence-corrected chi connectivity index (χ4v) is 2.01. The number of rotatable bonds is 4. The zero-order valence-corrected chi connectivity index (χ0v) is 11.7. The van der Waals surface area contributed by atoms with Gasteiger partial charge in [-0.3, -0.25) is 9.59 Å². The van der Waals surface area contributed by atoms with E-state index >= 15 is 0 Å². The summed E-state index contributed by atoms with van der Waals surface area (Å²) in [6.07, 6.45) is 1.37. The molecule has 108 valence electrons. The molecule has 0 saturated carbocycles. The lowest BCUT2D eigenvalue weighted by Crippen LogP contribution is -2.42. The molecule has 0 bridgehead atoms. The molecule has 0 unspecified atom stereocenters. The number of carbonyl (C=O) groups excluding carboxylic acids is 2. The largest absolute Gasteiger partial charge is 0.480 e. The molecule has 6 heteroatoms. The number of likely N-dealkylation sites (tertiary alicyclic amines) is 1. The first kappa shape index (κ1) is 15.5. The molecule has 0 aromatic heterocycles. The van der Waals surface area contributed by atoms with Gasteiger partial charge < -0.3 is 15.3 Å². The molecule has 1 fully saturated rings. The minimum atomic E-state index is -0.954. The van der Waals surface area contributed by atoms with Crippen LogP contribution in [0.2, 0.25) is 0 Å². The highest BCUT2D eigenvalue weighted by molar-refractivity contribution is 5.85. The highest BCUT2D eigenvalue weighted by atomic mass is 16.4. The van der Waals surface area contributed by atoms with Gasteiger partial charge in [0.05, 0.1) is 0 Å². The minimum absolute atomic E-state index is 0.114. The Hall–Kier alpha value is -1.59. The average molecular weight is 270 g/mol. The Labute approximate surface area is 113 Å². The maximum atomic E-state index is 11.9. The van der Waals surface area contributed by atoms with E-state index in [9.17, 15) is 14.4 Å². The minimum Gasteiger partial charge on any atom is -0.480 e. The van der Waals surface area contributed by atoms with Gasteiger partial charge in [-0.2, -0.15) is 0 Å². The van der Waals surface area contributed by atoms with Gasteiger partial charge in [0.1, 0.15) is 6.04 Å². The molecule has 1 heterocycles. The molecule has 1 aliphatic rings. The monoisotopic (exact) mass is 270 g/mol. The third-order valence-electron chi connectivity index (χ3n) is 3.16. The van der Waals surface area contributed by atoms with Crippen LogP contribution in [-0.4, -0.2) is 46.9 Å². The number of carbonyl (C=O) groups is 3. The lowest BCUT2D eigenvalue weighted by atomic mass is 9.96. The fourth-order valence-electron chi connectivity index (χ4n) is 2.01. The number of aliphatic carboxylic acids is 1. The molecule has 1 saturated heterocycles. The molecule has 1 atom stereocenters. The normalized spacial score (nSPS) is 19.3. The standard InChI is InChI=1S/C13H22N2O4/c1-13(2,3)12(19)14-7-6-10(16)15-8-4-5-9(15)11(17)18/h9H,4-8H2,1-3H3,(H,14,19)(H,17,18)/t9-/m1/s1. The van der Waals surface area contributed by atoms with Gasteiger partial charge in [-0.15, -0.1) is 0 Å². The first-order valence-electron chi connectivity index (χ1n) is 6.54. The van der Waals surface area contributed by atoms with Crippen LogP contribution < -0.4 is 5.32 Å². The molecule has 1 rings (SSSR count). The van der Waals surface area contributed by atoms with E-state index in [1.807, 2.05) is 0 Å². The van der Waals surface area contributed by atoms with Gasteiger partial charge in [0, 0.05) is 24.9 Å². The second-order valence-corrected chi connectivity index (χ2v) is 5.84. The summed E-state index contributed by atoms with van der Waals surface area (Å²) < 4.78 is 0. The molecule has 0 aliphatic carbocycles. The molecule has 0 aromatic rings. The number of carboxylic acid groups (broad SMARTS) is 1. The highest BCUT2D eigenvalue weighted by Crippen LogP contribution is 2.18. The quantitative estimate of drug-likeness (QED) is 0.783. The van der Waals surface area contributed by atoms with Crippen LogP contribution in [0, 0.1) is 5.41 Å². The van der Waals surface area contributed by atoms with Gasteiger partial charge in [0.15, 0.2) is 0 Å². The van der Waals surface area contributed by atoms with Crippen molar-refractivity contribution in [2.45, 2.75) is 46.1 Å². The van der Waals surface area contributed by atoms with Crippen molar-refractivity contribution < 1.29 is 19.5 Å². The molecule has 19 heavy (non-hydrogen) atoms. The Morgan fingerprint density at radius 3 is 2.47 bits per heavy atom. The second kappa shape index (κ2) is 6.04. The van der Waals surface area contributed by atoms with E-state index in [-0.39, 0.29) is 24.8 Å². The van der Waals surface area contributed by atoms with Crippen LogP contribution in [0.25, 0.3) is 0 Å². The average Bonchev–Trinajstić information content (AvgIpc) is 2.76. The van der Waals surface area contributed by atoms with E-state index in [0.29, 0.717) is 13.0 Å².